The van der Waals surface area contributed by atoms with Gasteiger partial charge in [-0.05, 0) is 36.0 Å². The molecule has 0 aromatic heterocycles. The second-order valence-electron chi connectivity index (χ2n) is 5.16. The SMILES string of the molecule is NC1C2C=CC(C2)C1c1ccc2c(c1)OCO2. The first-order valence-electron chi connectivity index (χ1n) is 6.16. The van der Waals surface area contributed by atoms with Crippen LogP contribution in [0.2, 0.25) is 0 Å². The van der Waals surface area contributed by atoms with Crippen molar-refractivity contribution in [1.29, 1.82) is 0 Å². The summed E-state index contributed by atoms with van der Waals surface area (Å²) in [5.74, 6) is 3.33. The van der Waals surface area contributed by atoms with E-state index in [1.807, 2.05) is 6.07 Å². The van der Waals surface area contributed by atoms with Crippen LogP contribution in [0.5, 0.6) is 11.5 Å². The van der Waals surface area contributed by atoms with Crippen molar-refractivity contribution in [2.45, 2.75) is 18.4 Å². The quantitative estimate of drug-likeness (QED) is 0.749. The molecule has 0 radical (unpaired) electrons. The summed E-state index contributed by atoms with van der Waals surface area (Å²) in [5.41, 5.74) is 7.61. The van der Waals surface area contributed by atoms with E-state index in [9.17, 15) is 0 Å². The predicted octanol–water partition coefficient (Wildman–Crippen LogP) is 2.03. The van der Waals surface area contributed by atoms with Crippen molar-refractivity contribution in [2.24, 2.45) is 17.6 Å². The molecule has 1 aromatic rings. The van der Waals surface area contributed by atoms with Gasteiger partial charge >= 0.3 is 0 Å². The normalized spacial score (nSPS) is 36.8. The lowest BCUT2D eigenvalue weighted by Crippen LogP contribution is -2.32. The molecule has 2 bridgehead atoms. The van der Waals surface area contributed by atoms with Gasteiger partial charge in [0, 0.05) is 12.0 Å². The van der Waals surface area contributed by atoms with Gasteiger partial charge in [0.1, 0.15) is 0 Å². The first-order valence-corrected chi connectivity index (χ1v) is 6.16. The minimum absolute atomic E-state index is 0.255. The summed E-state index contributed by atoms with van der Waals surface area (Å²) in [5, 5.41) is 0. The predicted molar refractivity (Wildman–Crippen MR) is 64.0 cm³/mol. The maximum atomic E-state index is 6.32. The third-order valence-corrected chi connectivity index (χ3v) is 4.30. The first kappa shape index (κ1) is 9.54. The van der Waals surface area contributed by atoms with E-state index in [-0.39, 0.29) is 6.04 Å². The van der Waals surface area contributed by atoms with Gasteiger partial charge in [0.05, 0.1) is 0 Å². The van der Waals surface area contributed by atoms with Gasteiger partial charge in [-0.1, -0.05) is 18.2 Å². The second-order valence-corrected chi connectivity index (χ2v) is 5.16. The molecule has 3 nitrogen and oxygen atoms in total. The van der Waals surface area contributed by atoms with E-state index in [0.717, 1.165) is 11.5 Å². The van der Waals surface area contributed by atoms with E-state index in [1.165, 1.54) is 12.0 Å². The number of nitrogens with two attached hydrogens (primary N) is 1. The van der Waals surface area contributed by atoms with Gasteiger partial charge in [-0.3, -0.25) is 0 Å². The summed E-state index contributed by atoms with van der Waals surface area (Å²) in [7, 11) is 0. The molecule has 0 spiro atoms. The van der Waals surface area contributed by atoms with Crippen LogP contribution in [0.4, 0.5) is 0 Å². The molecule has 4 rings (SSSR count). The summed E-state index contributed by atoms with van der Waals surface area (Å²) in [6.07, 6.45) is 5.81. The number of ether oxygens (including phenoxy) is 2. The van der Waals surface area contributed by atoms with E-state index >= 15 is 0 Å². The lowest BCUT2D eigenvalue weighted by molar-refractivity contribution is 0.174. The minimum Gasteiger partial charge on any atom is -0.454 e. The molecule has 2 N–H and O–H groups in total. The molecule has 17 heavy (non-hydrogen) atoms. The zero-order valence-corrected chi connectivity index (χ0v) is 9.50. The molecule has 2 aliphatic carbocycles. The van der Waals surface area contributed by atoms with Gasteiger partial charge in [0.2, 0.25) is 6.79 Å². The smallest absolute Gasteiger partial charge is 0.231 e. The first-order chi connectivity index (χ1) is 8.33. The summed E-state index contributed by atoms with van der Waals surface area (Å²) in [6, 6.07) is 6.49. The van der Waals surface area contributed by atoms with Crippen molar-refractivity contribution in [3.63, 3.8) is 0 Å². The molecule has 3 aliphatic rings. The maximum absolute atomic E-state index is 6.32. The lowest BCUT2D eigenvalue weighted by atomic mass is 9.83. The Labute approximate surface area is 100 Å². The highest BCUT2D eigenvalue weighted by molar-refractivity contribution is 5.47. The molecular formula is C14H15NO2. The van der Waals surface area contributed by atoms with Crippen LogP contribution < -0.4 is 15.2 Å². The average molecular weight is 229 g/mol. The Hall–Kier alpha value is -1.48. The summed E-state index contributed by atoms with van der Waals surface area (Å²) >= 11 is 0. The third kappa shape index (κ3) is 1.26. The highest BCUT2D eigenvalue weighted by atomic mass is 16.7. The van der Waals surface area contributed by atoms with E-state index < -0.39 is 0 Å². The minimum atomic E-state index is 0.255. The maximum Gasteiger partial charge on any atom is 0.231 e. The molecule has 88 valence electrons. The molecular weight excluding hydrogens is 214 g/mol. The van der Waals surface area contributed by atoms with Gasteiger partial charge < -0.3 is 15.2 Å². The van der Waals surface area contributed by atoms with E-state index in [2.05, 4.69) is 24.3 Å². The molecule has 1 aromatic carbocycles. The number of allylic oxidation sites excluding steroid dienone is 1. The Kier molecular flexibility index (Phi) is 1.83. The van der Waals surface area contributed by atoms with Crippen LogP contribution >= 0.6 is 0 Å². The van der Waals surface area contributed by atoms with Crippen molar-refractivity contribution in [3.05, 3.63) is 35.9 Å². The average Bonchev–Trinajstić information content (AvgIpc) is 3.02. The van der Waals surface area contributed by atoms with Crippen molar-refractivity contribution in [3.8, 4) is 11.5 Å². The largest absolute Gasteiger partial charge is 0.454 e. The molecule has 1 aliphatic heterocycles. The monoisotopic (exact) mass is 229 g/mol. The number of rotatable bonds is 1. The van der Waals surface area contributed by atoms with E-state index in [0.29, 0.717) is 24.5 Å². The van der Waals surface area contributed by atoms with Crippen molar-refractivity contribution < 1.29 is 9.47 Å². The van der Waals surface area contributed by atoms with Crippen LogP contribution in [0.3, 0.4) is 0 Å². The Balaban J connectivity index is 1.73. The zero-order chi connectivity index (χ0) is 11.4. The summed E-state index contributed by atoms with van der Waals surface area (Å²) in [4.78, 5) is 0. The molecule has 1 saturated carbocycles. The van der Waals surface area contributed by atoms with Gasteiger partial charge in [0.25, 0.3) is 0 Å². The number of hydrogen-bond donors (Lipinski definition) is 1. The Morgan fingerprint density at radius 3 is 2.71 bits per heavy atom. The van der Waals surface area contributed by atoms with Crippen LogP contribution in [0.15, 0.2) is 30.4 Å². The van der Waals surface area contributed by atoms with Gasteiger partial charge in [-0.2, -0.15) is 0 Å². The topological polar surface area (TPSA) is 44.5 Å². The Bertz CT molecular complexity index is 497. The second kappa shape index (κ2) is 3.26. The highest BCUT2D eigenvalue weighted by Gasteiger charge is 2.43. The molecule has 0 amide bonds. The van der Waals surface area contributed by atoms with Gasteiger partial charge in [-0.25, -0.2) is 0 Å². The van der Waals surface area contributed by atoms with Crippen LogP contribution in [0, 0.1) is 11.8 Å². The van der Waals surface area contributed by atoms with Crippen molar-refractivity contribution >= 4 is 0 Å². The molecule has 1 fully saturated rings. The standard InChI is InChI=1S/C14H15NO2/c15-14-10-2-1-8(5-10)13(14)9-3-4-11-12(6-9)17-7-16-11/h1-4,6,8,10,13-14H,5,7,15H2. The Morgan fingerprint density at radius 2 is 1.88 bits per heavy atom. The zero-order valence-electron chi connectivity index (χ0n) is 9.50. The molecule has 1 heterocycles. The van der Waals surface area contributed by atoms with Crippen molar-refractivity contribution in [2.75, 3.05) is 6.79 Å². The van der Waals surface area contributed by atoms with Crippen LogP contribution in [-0.4, -0.2) is 12.8 Å². The number of fused-ring (bicyclic) bond motifs is 3. The van der Waals surface area contributed by atoms with Crippen LogP contribution in [-0.2, 0) is 0 Å². The number of hydrogen-bond acceptors (Lipinski definition) is 3. The fraction of sp³-hybridized carbons (Fsp3) is 0.429. The molecule has 3 heteroatoms. The van der Waals surface area contributed by atoms with E-state index in [4.69, 9.17) is 15.2 Å². The van der Waals surface area contributed by atoms with E-state index in [1.54, 1.807) is 0 Å². The van der Waals surface area contributed by atoms with Gasteiger partial charge in [-0.15, -0.1) is 0 Å². The van der Waals surface area contributed by atoms with Gasteiger partial charge in [0.15, 0.2) is 11.5 Å². The fourth-order valence-corrected chi connectivity index (χ4v) is 3.45. The molecule has 4 unspecified atom stereocenters. The fourth-order valence-electron chi connectivity index (χ4n) is 3.45. The number of benzene rings is 1. The van der Waals surface area contributed by atoms with Crippen LogP contribution in [0.25, 0.3) is 0 Å². The third-order valence-electron chi connectivity index (χ3n) is 4.30. The highest BCUT2D eigenvalue weighted by Crippen LogP contribution is 2.49. The van der Waals surface area contributed by atoms with Crippen LogP contribution in [0.1, 0.15) is 17.9 Å². The molecule has 0 saturated heterocycles. The Morgan fingerprint density at radius 1 is 1.06 bits per heavy atom. The lowest BCUT2D eigenvalue weighted by Gasteiger charge is -2.25. The summed E-state index contributed by atoms with van der Waals surface area (Å²) < 4.78 is 10.8. The van der Waals surface area contributed by atoms with Crippen molar-refractivity contribution in [1.82, 2.24) is 0 Å². The summed E-state index contributed by atoms with van der Waals surface area (Å²) in [6.45, 7) is 0.335. The molecule has 4 atom stereocenters.